The largest absolute Gasteiger partial charge is 0.481 e. The average molecular weight is 263 g/mol. The summed E-state index contributed by atoms with van der Waals surface area (Å²) in [6.45, 7) is 4.16. The number of aliphatic carboxylic acids is 1. The minimum atomic E-state index is -2.91. The molecule has 6 heteroatoms. The van der Waals surface area contributed by atoms with E-state index >= 15 is 0 Å². The Bertz CT molecular complexity index is 377. The maximum atomic E-state index is 11.4. The molecule has 2 atom stereocenters. The van der Waals surface area contributed by atoms with E-state index in [0.29, 0.717) is 13.0 Å². The van der Waals surface area contributed by atoms with Gasteiger partial charge in [0.25, 0.3) is 0 Å². The van der Waals surface area contributed by atoms with Crippen molar-refractivity contribution in [3.05, 3.63) is 0 Å². The van der Waals surface area contributed by atoms with Gasteiger partial charge in [-0.15, -0.1) is 0 Å². The van der Waals surface area contributed by atoms with Gasteiger partial charge >= 0.3 is 5.97 Å². The van der Waals surface area contributed by atoms with Crippen molar-refractivity contribution in [2.45, 2.75) is 26.3 Å². The number of carbonyl (C=O) groups is 1. The second-order valence-electron chi connectivity index (χ2n) is 5.19. The molecule has 1 N–H and O–H groups in total. The summed E-state index contributed by atoms with van der Waals surface area (Å²) < 4.78 is 22.7. The first-order valence-electron chi connectivity index (χ1n) is 5.86. The fourth-order valence-corrected chi connectivity index (χ4v) is 3.96. The van der Waals surface area contributed by atoms with E-state index in [4.69, 9.17) is 5.11 Å². The minimum Gasteiger partial charge on any atom is -0.481 e. The third kappa shape index (κ3) is 3.96. The number of hydrogen-bond acceptors (Lipinski definition) is 4. The Morgan fingerprint density at radius 2 is 2.06 bits per heavy atom. The molecule has 0 aliphatic carbocycles. The van der Waals surface area contributed by atoms with Crippen LogP contribution in [0.3, 0.4) is 0 Å². The normalized spacial score (nSPS) is 25.4. The maximum Gasteiger partial charge on any atom is 0.308 e. The van der Waals surface area contributed by atoms with Crippen molar-refractivity contribution in [2.24, 2.45) is 11.8 Å². The second-order valence-corrected chi connectivity index (χ2v) is 7.41. The van der Waals surface area contributed by atoms with Gasteiger partial charge in [0.1, 0.15) is 0 Å². The minimum absolute atomic E-state index is 0.0272. The van der Waals surface area contributed by atoms with Gasteiger partial charge in [-0.05, 0) is 19.4 Å². The van der Waals surface area contributed by atoms with Gasteiger partial charge in [-0.25, -0.2) is 8.42 Å². The van der Waals surface area contributed by atoms with Gasteiger partial charge in [0.2, 0.25) is 0 Å². The summed E-state index contributed by atoms with van der Waals surface area (Å²) in [5.74, 6) is -0.820. The first kappa shape index (κ1) is 14.4. The molecule has 1 heterocycles. The van der Waals surface area contributed by atoms with E-state index in [0.717, 1.165) is 0 Å². The predicted molar refractivity (Wildman–Crippen MR) is 65.7 cm³/mol. The second kappa shape index (κ2) is 5.35. The van der Waals surface area contributed by atoms with E-state index in [1.54, 1.807) is 0 Å². The average Bonchev–Trinajstić information content (AvgIpc) is 2.53. The molecular formula is C11H21NO4S. The van der Waals surface area contributed by atoms with Gasteiger partial charge in [0, 0.05) is 12.6 Å². The fraction of sp³-hybridized carbons (Fsp3) is 0.909. The Morgan fingerprint density at radius 1 is 1.47 bits per heavy atom. The Kier molecular flexibility index (Phi) is 4.55. The topological polar surface area (TPSA) is 74.7 Å². The lowest BCUT2D eigenvalue weighted by Gasteiger charge is -2.27. The van der Waals surface area contributed by atoms with Gasteiger partial charge in [-0.3, -0.25) is 4.79 Å². The molecule has 0 aromatic carbocycles. The monoisotopic (exact) mass is 263 g/mol. The third-order valence-corrected chi connectivity index (χ3v) is 5.19. The number of hydrogen-bond donors (Lipinski definition) is 1. The molecule has 0 aromatic heterocycles. The Labute approximate surface area is 103 Å². The predicted octanol–water partition coefficient (Wildman–Crippen LogP) is 0.462. The summed E-state index contributed by atoms with van der Waals surface area (Å²) in [5.41, 5.74) is 0. The molecule has 17 heavy (non-hydrogen) atoms. The zero-order valence-corrected chi connectivity index (χ0v) is 11.4. The van der Waals surface area contributed by atoms with Crippen LogP contribution in [0.2, 0.25) is 0 Å². The summed E-state index contributed by atoms with van der Waals surface area (Å²) in [5, 5.41) is 9.09. The maximum absolute atomic E-state index is 11.4. The van der Waals surface area contributed by atoms with Crippen LogP contribution in [-0.4, -0.2) is 55.5 Å². The van der Waals surface area contributed by atoms with Crippen LogP contribution >= 0.6 is 0 Å². The number of rotatable bonds is 5. The summed E-state index contributed by atoms with van der Waals surface area (Å²) in [6.07, 6.45) is 0.614. The molecule has 0 saturated carbocycles. The molecule has 1 aliphatic heterocycles. The van der Waals surface area contributed by atoms with Crippen LogP contribution in [-0.2, 0) is 14.6 Å². The van der Waals surface area contributed by atoms with Crippen molar-refractivity contribution in [1.82, 2.24) is 4.90 Å². The number of sulfone groups is 1. The molecule has 0 aromatic rings. The fourth-order valence-electron chi connectivity index (χ4n) is 2.16. The van der Waals surface area contributed by atoms with Crippen molar-refractivity contribution < 1.29 is 18.3 Å². The highest BCUT2D eigenvalue weighted by atomic mass is 32.2. The molecule has 0 amide bonds. The summed E-state index contributed by atoms with van der Waals surface area (Å²) in [7, 11) is -1.10. The molecule has 5 nitrogen and oxygen atoms in total. The molecular weight excluding hydrogens is 242 g/mol. The van der Waals surface area contributed by atoms with Crippen LogP contribution in [0.1, 0.15) is 20.3 Å². The summed E-state index contributed by atoms with van der Waals surface area (Å²) >= 11 is 0. The van der Waals surface area contributed by atoms with Crippen LogP contribution in [0.5, 0.6) is 0 Å². The molecule has 1 rings (SSSR count). The molecule has 0 bridgehead atoms. The lowest BCUT2D eigenvalue weighted by atomic mass is 9.95. The Balaban J connectivity index is 2.60. The van der Waals surface area contributed by atoms with E-state index in [1.165, 1.54) is 0 Å². The quantitative estimate of drug-likeness (QED) is 0.780. The molecule has 1 aliphatic rings. The molecule has 100 valence electrons. The molecule has 1 saturated heterocycles. The van der Waals surface area contributed by atoms with Crippen molar-refractivity contribution >= 4 is 15.8 Å². The number of carboxylic acids is 1. The van der Waals surface area contributed by atoms with Crippen LogP contribution < -0.4 is 0 Å². The first-order valence-corrected chi connectivity index (χ1v) is 7.68. The zero-order valence-electron chi connectivity index (χ0n) is 10.6. The molecule has 2 unspecified atom stereocenters. The lowest BCUT2D eigenvalue weighted by Crippen LogP contribution is -2.40. The van der Waals surface area contributed by atoms with Gasteiger partial charge in [0.15, 0.2) is 9.84 Å². The first-order chi connectivity index (χ1) is 7.73. The van der Waals surface area contributed by atoms with Crippen molar-refractivity contribution in [1.29, 1.82) is 0 Å². The molecule has 1 fully saturated rings. The van der Waals surface area contributed by atoms with Crippen LogP contribution in [0, 0.1) is 11.8 Å². The third-order valence-electron chi connectivity index (χ3n) is 3.44. The van der Waals surface area contributed by atoms with E-state index in [1.807, 2.05) is 25.8 Å². The van der Waals surface area contributed by atoms with Crippen molar-refractivity contribution in [3.63, 3.8) is 0 Å². The SMILES string of the molecule is CC(C)C(CN(C)C1CCS(=O)(=O)C1)C(=O)O. The highest BCUT2D eigenvalue weighted by Gasteiger charge is 2.33. The number of nitrogens with zero attached hydrogens (tertiary/aromatic N) is 1. The van der Waals surface area contributed by atoms with Gasteiger partial charge in [-0.2, -0.15) is 0 Å². The van der Waals surface area contributed by atoms with Crippen LogP contribution in [0.4, 0.5) is 0 Å². The van der Waals surface area contributed by atoms with Crippen molar-refractivity contribution in [2.75, 3.05) is 25.1 Å². The highest BCUT2D eigenvalue weighted by molar-refractivity contribution is 7.91. The molecule has 0 spiro atoms. The van der Waals surface area contributed by atoms with E-state index in [9.17, 15) is 13.2 Å². The molecule has 0 radical (unpaired) electrons. The van der Waals surface area contributed by atoms with E-state index in [-0.39, 0.29) is 23.5 Å². The smallest absolute Gasteiger partial charge is 0.308 e. The van der Waals surface area contributed by atoms with E-state index < -0.39 is 21.7 Å². The standard InChI is InChI=1S/C11H21NO4S/c1-8(2)10(11(13)14)6-12(3)9-4-5-17(15,16)7-9/h8-10H,4-7H2,1-3H3,(H,13,14). The highest BCUT2D eigenvalue weighted by Crippen LogP contribution is 2.20. The Hall–Kier alpha value is -0.620. The van der Waals surface area contributed by atoms with E-state index in [2.05, 4.69) is 0 Å². The van der Waals surface area contributed by atoms with Gasteiger partial charge in [-0.1, -0.05) is 13.8 Å². The lowest BCUT2D eigenvalue weighted by molar-refractivity contribution is -0.144. The Morgan fingerprint density at radius 3 is 2.41 bits per heavy atom. The summed E-state index contributed by atoms with van der Waals surface area (Å²) in [6, 6.07) is -0.0272. The van der Waals surface area contributed by atoms with Crippen LogP contribution in [0.15, 0.2) is 0 Å². The number of carboxylic acid groups (broad SMARTS) is 1. The summed E-state index contributed by atoms with van der Waals surface area (Å²) in [4.78, 5) is 13.0. The zero-order chi connectivity index (χ0) is 13.2. The van der Waals surface area contributed by atoms with Gasteiger partial charge < -0.3 is 10.0 Å². The van der Waals surface area contributed by atoms with Crippen molar-refractivity contribution in [3.8, 4) is 0 Å². The van der Waals surface area contributed by atoms with Crippen LogP contribution in [0.25, 0.3) is 0 Å². The van der Waals surface area contributed by atoms with Gasteiger partial charge in [0.05, 0.1) is 17.4 Å².